The molecule has 1 atom stereocenters. The number of nitrogens with one attached hydrogen (secondary N) is 2. The van der Waals surface area contributed by atoms with Gasteiger partial charge >= 0.3 is 0 Å². The van der Waals surface area contributed by atoms with Gasteiger partial charge in [0, 0.05) is 37.7 Å². The second kappa shape index (κ2) is 10.1. The van der Waals surface area contributed by atoms with Gasteiger partial charge in [-0.2, -0.15) is 0 Å². The van der Waals surface area contributed by atoms with E-state index in [1.165, 1.54) is 0 Å². The number of carbonyl (C=O) groups excluding carboxylic acids is 1. The summed E-state index contributed by atoms with van der Waals surface area (Å²) in [5.74, 6) is -0.123. The van der Waals surface area contributed by atoms with Crippen molar-refractivity contribution in [3.63, 3.8) is 0 Å². The number of hydrogen-bond acceptors (Lipinski definition) is 4. The topological polar surface area (TPSA) is 76.4 Å². The summed E-state index contributed by atoms with van der Waals surface area (Å²) >= 11 is 6.08. The van der Waals surface area contributed by atoms with E-state index in [1.54, 1.807) is 36.4 Å². The zero-order chi connectivity index (χ0) is 18.9. The highest BCUT2D eigenvalue weighted by atomic mass is 35.5. The van der Waals surface area contributed by atoms with Gasteiger partial charge in [0.25, 0.3) is 0 Å². The molecule has 5 nitrogen and oxygen atoms in total. The van der Waals surface area contributed by atoms with E-state index in [0.717, 1.165) is 0 Å². The molecule has 2 aromatic carbocycles. The van der Waals surface area contributed by atoms with E-state index in [4.69, 9.17) is 22.1 Å². The molecule has 0 unspecified atom stereocenters. The van der Waals surface area contributed by atoms with Crippen molar-refractivity contribution in [2.45, 2.75) is 25.9 Å². The lowest BCUT2D eigenvalue weighted by molar-refractivity contribution is -0.121. The number of amides is 1. The van der Waals surface area contributed by atoms with Crippen molar-refractivity contribution in [2.24, 2.45) is 5.73 Å². The zero-order valence-electron chi connectivity index (χ0n) is 14.6. The van der Waals surface area contributed by atoms with Gasteiger partial charge in [-0.05, 0) is 25.1 Å². The molecule has 0 aromatic heterocycles. The van der Waals surface area contributed by atoms with Crippen LogP contribution in [-0.2, 0) is 11.3 Å². The monoisotopic (exact) mass is 379 g/mol. The van der Waals surface area contributed by atoms with Crippen LogP contribution in [0.1, 0.15) is 18.9 Å². The molecular formula is C19H23ClFN3O2. The predicted molar refractivity (Wildman–Crippen MR) is 101 cm³/mol. The highest BCUT2D eigenvalue weighted by molar-refractivity contribution is 6.32. The Bertz CT molecular complexity index is 728. The molecular weight excluding hydrogens is 357 g/mol. The number of halogens is 2. The van der Waals surface area contributed by atoms with Crippen molar-refractivity contribution in [3.8, 4) is 11.5 Å². The van der Waals surface area contributed by atoms with Gasteiger partial charge in [-0.3, -0.25) is 4.79 Å². The molecule has 0 fully saturated rings. The number of benzene rings is 2. The first-order chi connectivity index (χ1) is 12.5. The van der Waals surface area contributed by atoms with Crippen LogP contribution in [0.5, 0.6) is 11.5 Å². The maximum absolute atomic E-state index is 14.8. The lowest BCUT2D eigenvalue weighted by Gasteiger charge is -2.16. The van der Waals surface area contributed by atoms with E-state index in [0.29, 0.717) is 24.4 Å². The minimum atomic E-state index is -0.520. The van der Waals surface area contributed by atoms with Crippen molar-refractivity contribution in [3.05, 3.63) is 58.9 Å². The van der Waals surface area contributed by atoms with Crippen LogP contribution in [-0.4, -0.2) is 25.0 Å². The lowest BCUT2D eigenvalue weighted by Crippen LogP contribution is -2.35. The van der Waals surface area contributed by atoms with E-state index in [2.05, 4.69) is 10.6 Å². The van der Waals surface area contributed by atoms with E-state index in [-0.39, 0.29) is 35.7 Å². The number of ether oxygens (including phenoxy) is 1. The Morgan fingerprint density at radius 2 is 2.00 bits per heavy atom. The SMILES string of the molecule is C[C@@H](CC(=O)NCCN)NCc1ccc(Cl)c(Oc2ccccc2)c1F. The van der Waals surface area contributed by atoms with Crippen LogP contribution >= 0.6 is 11.6 Å². The van der Waals surface area contributed by atoms with Gasteiger partial charge in [-0.25, -0.2) is 4.39 Å². The number of carbonyl (C=O) groups is 1. The molecule has 1 amide bonds. The molecule has 2 rings (SSSR count). The molecule has 0 bridgehead atoms. The average molecular weight is 380 g/mol. The Balaban J connectivity index is 1.99. The summed E-state index contributed by atoms with van der Waals surface area (Å²) in [7, 11) is 0. The molecule has 0 radical (unpaired) electrons. The molecule has 26 heavy (non-hydrogen) atoms. The Labute approximate surface area is 157 Å². The van der Waals surface area contributed by atoms with Gasteiger partial charge in [0.2, 0.25) is 5.91 Å². The maximum Gasteiger partial charge on any atom is 0.221 e. The fraction of sp³-hybridized carbons (Fsp3) is 0.316. The number of nitrogens with two attached hydrogens (primary N) is 1. The van der Waals surface area contributed by atoms with Gasteiger partial charge in [0.15, 0.2) is 11.6 Å². The minimum absolute atomic E-state index is 0.00879. The first-order valence-corrected chi connectivity index (χ1v) is 8.79. The first kappa shape index (κ1) is 20.2. The zero-order valence-corrected chi connectivity index (χ0v) is 15.4. The second-order valence-electron chi connectivity index (χ2n) is 5.89. The highest BCUT2D eigenvalue weighted by Crippen LogP contribution is 2.33. The van der Waals surface area contributed by atoms with Crippen LogP contribution < -0.4 is 21.1 Å². The molecule has 0 aliphatic rings. The van der Waals surface area contributed by atoms with E-state index >= 15 is 0 Å². The predicted octanol–water partition coefficient (Wildman–Crippen LogP) is 3.21. The summed E-state index contributed by atoms with van der Waals surface area (Å²) in [4.78, 5) is 11.7. The fourth-order valence-electron chi connectivity index (χ4n) is 2.33. The summed E-state index contributed by atoms with van der Waals surface area (Å²) in [5.41, 5.74) is 5.76. The third-order valence-corrected chi connectivity index (χ3v) is 3.99. The Morgan fingerprint density at radius 1 is 1.27 bits per heavy atom. The Morgan fingerprint density at radius 3 is 2.69 bits per heavy atom. The van der Waals surface area contributed by atoms with Gasteiger partial charge < -0.3 is 21.1 Å². The number of para-hydroxylation sites is 1. The van der Waals surface area contributed by atoms with Crippen molar-refractivity contribution in [1.29, 1.82) is 0 Å². The minimum Gasteiger partial charge on any atom is -0.453 e. The maximum atomic E-state index is 14.8. The average Bonchev–Trinajstić information content (AvgIpc) is 2.63. The summed E-state index contributed by atoms with van der Waals surface area (Å²) in [6.07, 6.45) is 0.280. The first-order valence-electron chi connectivity index (χ1n) is 8.41. The third kappa shape index (κ3) is 5.98. The van der Waals surface area contributed by atoms with Crippen molar-refractivity contribution < 1.29 is 13.9 Å². The van der Waals surface area contributed by atoms with Crippen molar-refractivity contribution >= 4 is 17.5 Å². The number of hydrogen-bond donors (Lipinski definition) is 3. The van der Waals surface area contributed by atoms with Crippen LogP contribution in [0.15, 0.2) is 42.5 Å². The highest BCUT2D eigenvalue weighted by Gasteiger charge is 2.16. The van der Waals surface area contributed by atoms with E-state index in [9.17, 15) is 9.18 Å². The van der Waals surface area contributed by atoms with Crippen LogP contribution in [0.3, 0.4) is 0 Å². The lowest BCUT2D eigenvalue weighted by atomic mass is 10.1. The Kier molecular flexibility index (Phi) is 7.84. The van der Waals surface area contributed by atoms with Gasteiger partial charge in [0.05, 0.1) is 5.02 Å². The molecule has 140 valence electrons. The molecule has 2 aromatic rings. The van der Waals surface area contributed by atoms with Crippen LogP contribution in [0, 0.1) is 5.82 Å². The normalized spacial score (nSPS) is 11.8. The molecule has 7 heteroatoms. The Hall–Kier alpha value is -2.15. The fourth-order valence-corrected chi connectivity index (χ4v) is 2.51. The molecule has 0 aliphatic heterocycles. The summed E-state index contributed by atoms with van der Waals surface area (Å²) in [6, 6.07) is 12.0. The third-order valence-electron chi connectivity index (χ3n) is 3.69. The van der Waals surface area contributed by atoms with Crippen LogP contribution in [0.4, 0.5) is 4.39 Å². The molecule has 4 N–H and O–H groups in total. The van der Waals surface area contributed by atoms with E-state index in [1.807, 2.05) is 13.0 Å². The summed E-state index contributed by atoms with van der Waals surface area (Å²) < 4.78 is 20.3. The van der Waals surface area contributed by atoms with Crippen LogP contribution in [0.25, 0.3) is 0 Å². The second-order valence-corrected chi connectivity index (χ2v) is 6.30. The smallest absolute Gasteiger partial charge is 0.221 e. The quantitative estimate of drug-likeness (QED) is 0.625. The summed E-state index contributed by atoms with van der Waals surface area (Å²) in [5, 5.41) is 6.03. The standard InChI is InChI=1S/C19H23ClFN3O2/c1-13(11-17(25)23-10-9-22)24-12-14-7-8-16(20)19(18(14)21)26-15-5-3-2-4-6-15/h2-8,13,24H,9-12,22H2,1H3,(H,23,25)/t13-/m0/s1. The molecule has 0 aliphatic carbocycles. The number of rotatable bonds is 9. The van der Waals surface area contributed by atoms with Gasteiger partial charge in [-0.15, -0.1) is 0 Å². The summed E-state index contributed by atoms with van der Waals surface area (Å²) in [6.45, 7) is 2.95. The van der Waals surface area contributed by atoms with Gasteiger partial charge in [0.1, 0.15) is 5.75 Å². The largest absolute Gasteiger partial charge is 0.453 e. The van der Waals surface area contributed by atoms with Crippen molar-refractivity contribution in [1.82, 2.24) is 10.6 Å². The van der Waals surface area contributed by atoms with E-state index < -0.39 is 5.82 Å². The molecule has 0 saturated carbocycles. The van der Waals surface area contributed by atoms with Crippen molar-refractivity contribution in [2.75, 3.05) is 13.1 Å². The molecule has 0 saturated heterocycles. The molecule has 0 spiro atoms. The van der Waals surface area contributed by atoms with Gasteiger partial charge in [-0.1, -0.05) is 35.9 Å². The van der Waals surface area contributed by atoms with Crippen LogP contribution in [0.2, 0.25) is 5.02 Å². The molecule has 0 heterocycles.